The molecule has 4 heteroatoms. The molecule has 1 aromatic heterocycles. The fraction of sp³-hybridized carbons (Fsp3) is 0.200. The van der Waals surface area contributed by atoms with Crippen LogP contribution < -0.4 is 5.32 Å². The molecule has 0 bridgehead atoms. The van der Waals surface area contributed by atoms with Crippen LogP contribution in [0.2, 0.25) is 0 Å². The Morgan fingerprint density at radius 2 is 1.83 bits per heavy atom. The molecule has 0 fully saturated rings. The van der Waals surface area contributed by atoms with Crippen molar-refractivity contribution in [3.05, 3.63) is 65.2 Å². The second kappa shape index (κ2) is 6.71. The molecule has 0 aliphatic carbocycles. The van der Waals surface area contributed by atoms with Gasteiger partial charge in [0.1, 0.15) is 5.82 Å². The van der Waals surface area contributed by atoms with E-state index in [4.69, 9.17) is 4.74 Å². The number of carbonyl (C=O) groups is 1. The van der Waals surface area contributed by atoms with Crippen molar-refractivity contribution in [2.45, 2.75) is 20.8 Å². The quantitative estimate of drug-likeness (QED) is 0.703. The minimum absolute atomic E-state index is 0.306. The maximum absolute atomic E-state index is 11.7. The maximum Gasteiger partial charge on any atom is 0.338 e. The van der Waals surface area contributed by atoms with Gasteiger partial charge >= 0.3 is 5.97 Å². The number of carbonyl (C=O) groups excluding carboxylic acids is 1. The lowest BCUT2D eigenvalue weighted by molar-refractivity contribution is 0.0526. The maximum atomic E-state index is 11.7. The van der Waals surface area contributed by atoms with Crippen LogP contribution >= 0.6 is 0 Å². The highest BCUT2D eigenvalue weighted by molar-refractivity contribution is 5.90. The summed E-state index contributed by atoms with van der Waals surface area (Å²) in [5.74, 6) is 0.479. The number of nitrogens with one attached hydrogen (secondary N) is 1. The number of rotatable bonds is 4. The lowest BCUT2D eigenvalue weighted by Gasteiger charge is -2.10. The number of benzene rings is 2. The number of fused-ring (bicyclic) bond motifs is 1. The lowest BCUT2D eigenvalue weighted by atomic mass is 10.1. The molecule has 0 saturated heterocycles. The summed E-state index contributed by atoms with van der Waals surface area (Å²) in [4.78, 5) is 16.3. The standard InChI is InChI=1S/C20H20N2O2/c1-4-24-20(23)15-6-8-16(9-7-15)21-19-12-14(3)17-11-13(2)5-10-18(17)22-19/h5-12H,4H2,1-3H3,(H,21,22). The zero-order valence-electron chi connectivity index (χ0n) is 14.1. The van der Waals surface area contributed by atoms with Gasteiger partial charge in [-0.3, -0.25) is 0 Å². The molecule has 0 unspecified atom stereocenters. The van der Waals surface area contributed by atoms with Gasteiger partial charge in [0.2, 0.25) is 0 Å². The van der Waals surface area contributed by atoms with E-state index >= 15 is 0 Å². The van der Waals surface area contributed by atoms with Crippen molar-refractivity contribution in [3.63, 3.8) is 0 Å². The fourth-order valence-electron chi connectivity index (χ4n) is 2.62. The van der Waals surface area contributed by atoms with E-state index < -0.39 is 0 Å². The topological polar surface area (TPSA) is 51.2 Å². The predicted molar refractivity (Wildman–Crippen MR) is 96.9 cm³/mol. The van der Waals surface area contributed by atoms with Gasteiger partial charge in [-0.25, -0.2) is 9.78 Å². The fourth-order valence-corrected chi connectivity index (χ4v) is 2.62. The van der Waals surface area contributed by atoms with Crippen LogP contribution in [0, 0.1) is 13.8 Å². The zero-order chi connectivity index (χ0) is 17.1. The second-order valence-electron chi connectivity index (χ2n) is 5.77. The molecule has 3 rings (SSSR count). The molecule has 0 spiro atoms. The number of aryl methyl sites for hydroxylation is 2. The monoisotopic (exact) mass is 320 g/mol. The Morgan fingerprint density at radius 1 is 1.08 bits per heavy atom. The van der Waals surface area contributed by atoms with Crippen LogP contribution in [0.3, 0.4) is 0 Å². The highest BCUT2D eigenvalue weighted by Crippen LogP contribution is 2.23. The van der Waals surface area contributed by atoms with E-state index in [9.17, 15) is 4.79 Å². The molecule has 24 heavy (non-hydrogen) atoms. The number of hydrogen-bond donors (Lipinski definition) is 1. The summed E-state index contributed by atoms with van der Waals surface area (Å²) in [5, 5.41) is 4.45. The van der Waals surface area contributed by atoms with Crippen LogP contribution in [0.4, 0.5) is 11.5 Å². The normalized spacial score (nSPS) is 10.6. The van der Waals surface area contributed by atoms with E-state index in [0.29, 0.717) is 12.2 Å². The van der Waals surface area contributed by atoms with Gasteiger partial charge in [0, 0.05) is 11.1 Å². The molecule has 0 radical (unpaired) electrons. The Bertz CT molecular complexity index is 886. The van der Waals surface area contributed by atoms with Crippen molar-refractivity contribution < 1.29 is 9.53 Å². The SMILES string of the molecule is CCOC(=O)c1ccc(Nc2cc(C)c3cc(C)ccc3n2)cc1. The number of aromatic nitrogens is 1. The number of pyridine rings is 1. The third kappa shape index (κ3) is 3.38. The Balaban J connectivity index is 1.84. The van der Waals surface area contributed by atoms with E-state index in [2.05, 4.69) is 36.3 Å². The number of anilines is 2. The van der Waals surface area contributed by atoms with Gasteiger partial charge in [0.25, 0.3) is 0 Å². The third-order valence-electron chi connectivity index (χ3n) is 3.84. The number of hydrogen-bond acceptors (Lipinski definition) is 4. The lowest BCUT2D eigenvalue weighted by Crippen LogP contribution is -2.04. The average molecular weight is 320 g/mol. The first kappa shape index (κ1) is 16.0. The van der Waals surface area contributed by atoms with E-state index in [1.54, 1.807) is 19.1 Å². The molecule has 0 atom stereocenters. The van der Waals surface area contributed by atoms with Crippen molar-refractivity contribution in [3.8, 4) is 0 Å². The summed E-state index contributed by atoms with van der Waals surface area (Å²) < 4.78 is 4.99. The number of ether oxygens (including phenoxy) is 1. The predicted octanol–water partition coefficient (Wildman–Crippen LogP) is 4.77. The minimum atomic E-state index is -0.306. The molecule has 0 amide bonds. The molecule has 1 N–H and O–H groups in total. The Kier molecular flexibility index (Phi) is 4.47. The highest BCUT2D eigenvalue weighted by atomic mass is 16.5. The first-order chi connectivity index (χ1) is 11.6. The average Bonchev–Trinajstić information content (AvgIpc) is 2.56. The van der Waals surface area contributed by atoms with Gasteiger partial charge in [-0.05, 0) is 68.8 Å². The van der Waals surface area contributed by atoms with Gasteiger partial charge in [-0.2, -0.15) is 0 Å². The largest absolute Gasteiger partial charge is 0.462 e. The third-order valence-corrected chi connectivity index (χ3v) is 3.84. The van der Waals surface area contributed by atoms with Gasteiger partial charge in [-0.15, -0.1) is 0 Å². The zero-order valence-corrected chi connectivity index (χ0v) is 14.1. The van der Waals surface area contributed by atoms with Gasteiger partial charge in [-0.1, -0.05) is 11.6 Å². The summed E-state index contributed by atoms with van der Waals surface area (Å²) in [6, 6.07) is 15.5. The summed E-state index contributed by atoms with van der Waals surface area (Å²) in [6.07, 6.45) is 0. The second-order valence-corrected chi connectivity index (χ2v) is 5.77. The van der Waals surface area contributed by atoms with E-state index in [-0.39, 0.29) is 5.97 Å². The van der Waals surface area contributed by atoms with Crippen LogP contribution in [0.15, 0.2) is 48.5 Å². The van der Waals surface area contributed by atoms with E-state index in [0.717, 1.165) is 17.0 Å². The molecule has 2 aromatic carbocycles. The van der Waals surface area contributed by atoms with Crippen LogP contribution in [0.1, 0.15) is 28.4 Å². The van der Waals surface area contributed by atoms with Crippen LogP contribution in [-0.4, -0.2) is 17.6 Å². The summed E-state index contributed by atoms with van der Waals surface area (Å²) >= 11 is 0. The smallest absolute Gasteiger partial charge is 0.338 e. The molecule has 3 aromatic rings. The summed E-state index contributed by atoms with van der Waals surface area (Å²) in [5.41, 5.74) is 4.78. The first-order valence-corrected chi connectivity index (χ1v) is 7.99. The summed E-state index contributed by atoms with van der Waals surface area (Å²) in [6.45, 7) is 6.33. The van der Waals surface area contributed by atoms with Crippen LogP contribution in [0.5, 0.6) is 0 Å². The first-order valence-electron chi connectivity index (χ1n) is 7.99. The van der Waals surface area contributed by atoms with Crippen molar-refractivity contribution >= 4 is 28.4 Å². The molecule has 1 heterocycles. The van der Waals surface area contributed by atoms with Gasteiger partial charge < -0.3 is 10.1 Å². The molecule has 0 aliphatic heterocycles. The number of nitrogens with zero attached hydrogens (tertiary/aromatic N) is 1. The van der Waals surface area contributed by atoms with Crippen LogP contribution in [-0.2, 0) is 4.74 Å². The van der Waals surface area contributed by atoms with Gasteiger partial charge in [0.05, 0.1) is 17.7 Å². The Labute approximate surface area is 141 Å². The van der Waals surface area contributed by atoms with Crippen LogP contribution in [0.25, 0.3) is 10.9 Å². The molecular weight excluding hydrogens is 300 g/mol. The van der Waals surface area contributed by atoms with Crippen molar-refractivity contribution in [2.24, 2.45) is 0 Å². The summed E-state index contributed by atoms with van der Waals surface area (Å²) in [7, 11) is 0. The van der Waals surface area contributed by atoms with Crippen molar-refractivity contribution in [2.75, 3.05) is 11.9 Å². The highest BCUT2D eigenvalue weighted by Gasteiger charge is 2.07. The molecular formula is C20H20N2O2. The van der Waals surface area contributed by atoms with Crippen molar-refractivity contribution in [1.29, 1.82) is 0 Å². The van der Waals surface area contributed by atoms with Gasteiger partial charge in [0.15, 0.2) is 0 Å². The van der Waals surface area contributed by atoms with Crippen molar-refractivity contribution in [1.82, 2.24) is 4.98 Å². The Morgan fingerprint density at radius 3 is 2.54 bits per heavy atom. The molecule has 0 aliphatic rings. The van der Waals surface area contributed by atoms with E-state index in [1.165, 1.54) is 16.5 Å². The molecule has 0 saturated carbocycles. The molecule has 4 nitrogen and oxygen atoms in total. The number of esters is 1. The minimum Gasteiger partial charge on any atom is -0.462 e. The Hall–Kier alpha value is -2.88. The van der Waals surface area contributed by atoms with E-state index in [1.807, 2.05) is 24.3 Å². The molecule has 122 valence electrons.